The molecule has 0 amide bonds. The minimum Gasteiger partial charge on any atom is -0.298 e. The molecule has 0 unspecified atom stereocenters. The first-order valence-electron chi connectivity index (χ1n) is 4.92. The van der Waals surface area contributed by atoms with Gasteiger partial charge in [-0.05, 0) is 23.8 Å². The van der Waals surface area contributed by atoms with Crippen LogP contribution in [0.15, 0.2) is 30.3 Å². The fourth-order valence-electron chi connectivity index (χ4n) is 1.53. The largest absolute Gasteiger partial charge is 0.298 e. The zero-order valence-corrected chi connectivity index (χ0v) is 8.88. The summed E-state index contributed by atoms with van der Waals surface area (Å²) >= 11 is 0. The van der Waals surface area contributed by atoms with E-state index in [0.29, 0.717) is 18.4 Å². The fourth-order valence-corrected chi connectivity index (χ4v) is 1.53. The van der Waals surface area contributed by atoms with E-state index in [-0.39, 0.29) is 16.7 Å². The number of carbonyl (C=O) groups excluding carboxylic acids is 1. The Morgan fingerprint density at radius 3 is 2.06 bits per heavy atom. The van der Waals surface area contributed by atoms with Crippen LogP contribution in [0.4, 0.5) is 17.6 Å². The Bertz CT molecular complexity index is 623. The molecule has 2 aromatic carbocycles. The molecule has 2 aromatic rings. The number of hydrogen-bond donors (Lipinski definition) is 0. The Labute approximate surface area is 99.7 Å². The molecule has 0 spiro atoms. The van der Waals surface area contributed by atoms with Gasteiger partial charge in [0.2, 0.25) is 0 Å². The van der Waals surface area contributed by atoms with E-state index in [1.54, 1.807) is 0 Å². The van der Waals surface area contributed by atoms with Crippen LogP contribution in [0.2, 0.25) is 0 Å². The van der Waals surface area contributed by atoms with Crippen LogP contribution in [-0.4, -0.2) is 6.29 Å². The minimum absolute atomic E-state index is 0.0227. The van der Waals surface area contributed by atoms with Crippen molar-refractivity contribution in [2.75, 3.05) is 0 Å². The highest BCUT2D eigenvalue weighted by Gasteiger charge is 2.13. The summed E-state index contributed by atoms with van der Waals surface area (Å²) in [7, 11) is 0. The second-order valence-electron chi connectivity index (χ2n) is 3.60. The van der Waals surface area contributed by atoms with E-state index >= 15 is 0 Å². The number of hydrogen-bond acceptors (Lipinski definition) is 1. The Kier molecular flexibility index (Phi) is 3.14. The molecule has 0 aliphatic rings. The zero-order valence-electron chi connectivity index (χ0n) is 8.88. The Balaban J connectivity index is 2.58. The molecule has 0 atom stereocenters. The van der Waals surface area contributed by atoms with Crippen molar-refractivity contribution in [1.82, 2.24) is 0 Å². The van der Waals surface area contributed by atoms with Crippen molar-refractivity contribution in [2.24, 2.45) is 0 Å². The molecule has 18 heavy (non-hydrogen) atoms. The lowest BCUT2D eigenvalue weighted by atomic mass is 10.0. The highest BCUT2D eigenvalue weighted by molar-refractivity contribution is 5.77. The van der Waals surface area contributed by atoms with E-state index in [4.69, 9.17) is 0 Å². The van der Waals surface area contributed by atoms with Gasteiger partial charge in [0.25, 0.3) is 0 Å². The van der Waals surface area contributed by atoms with Crippen molar-refractivity contribution < 1.29 is 22.4 Å². The lowest BCUT2D eigenvalue weighted by Gasteiger charge is -2.05. The molecule has 0 aliphatic heterocycles. The molecule has 1 nitrogen and oxygen atoms in total. The summed E-state index contributed by atoms with van der Waals surface area (Å²) in [6, 6.07) is 4.30. The van der Waals surface area contributed by atoms with Crippen molar-refractivity contribution in [3.05, 3.63) is 59.2 Å². The van der Waals surface area contributed by atoms with Gasteiger partial charge in [-0.15, -0.1) is 0 Å². The van der Waals surface area contributed by atoms with Crippen LogP contribution in [0, 0.1) is 23.3 Å². The van der Waals surface area contributed by atoms with Crippen molar-refractivity contribution in [2.45, 2.75) is 0 Å². The van der Waals surface area contributed by atoms with Gasteiger partial charge in [-0.3, -0.25) is 4.79 Å². The molecule has 92 valence electrons. The third-order valence-corrected chi connectivity index (χ3v) is 2.45. The van der Waals surface area contributed by atoms with E-state index in [2.05, 4.69) is 0 Å². The minimum atomic E-state index is -1.32. The molecule has 0 saturated heterocycles. The van der Waals surface area contributed by atoms with E-state index < -0.39 is 23.3 Å². The van der Waals surface area contributed by atoms with E-state index in [1.165, 1.54) is 6.07 Å². The van der Waals surface area contributed by atoms with Crippen LogP contribution < -0.4 is 0 Å². The van der Waals surface area contributed by atoms with E-state index in [0.717, 1.165) is 12.1 Å². The second kappa shape index (κ2) is 4.60. The van der Waals surface area contributed by atoms with Gasteiger partial charge in [0.1, 0.15) is 11.6 Å². The number of aldehydes is 1. The lowest BCUT2D eigenvalue weighted by molar-refractivity contribution is 0.112. The van der Waals surface area contributed by atoms with Gasteiger partial charge < -0.3 is 0 Å². The quantitative estimate of drug-likeness (QED) is 0.453. The molecule has 0 bridgehead atoms. The van der Waals surface area contributed by atoms with Crippen molar-refractivity contribution >= 4 is 6.29 Å². The first-order valence-corrected chi connectivity index (χ1v) is 4.92. The number of carbonyl (C=O) groups is 1. The van der Waals surface area contributed by atoms with Crippen molar-refractivity contribution in [3.63, 3.8) is 0 Å². The molecular formula is C13H6F4O. The Hall–Kier alpha value is -2.17. The summed E-state index contributed by atoms with van der Waals surface area (Å²) in [6.45, 7) is 0. The molecule has 0 heterocycles. The van der Waals surface area contributed by atoms with Gasteiger partial charge in [0.15, 0.2) is 17.9 Å². The monoisotopic (exact) mass is 254 g/mol. The summed E-state index contributed by atoms with van der Waals surface area (Å²) in [5.74, 6) is -4.41. The van der Waals surface area contributed by atoms with Crippen LogP contribution in [0.25, 0.3) is 11.1 Å². The number of rotatable bonds is 2. The second-order valence-corrected chi connectivity index (χ2v) is 3.60. The molecule has 0 radical (unpaired) electrons. The van der Waals surface area contributed by atoms with Gasteiger partial charge in [-0.2, -0.15) is 0 Å². The molecule has 0 aliphatic carbocycles. The first-order chi connectivity index (χ1) is 8.52. The van der Waals surface area contributed by atoms with Gasteiger partial charge in [0.05, 0.1) is 5.56 Å². The van der Waals surface area contributed by atoms with Crippen LogP contribution in [0.1, 0.15) is 10.4 Å². The third-order valence-electron chi connectivity index (χ3n) is 2.45. The molecule has 0 aromatic heterocycles. The number of halogens is 4. The maximum Gasteiger partial charge on any atom is 0.161 e. The summed E-state index contributed by atoms with van der Waals surface area (Å²) in [5, 5.41) is 0. The van der Waals surface area contributed by atoms with Crippen LogP contribution >= 0.6 is 0 Å². The molecule has 5 heteroatoms. The predicted molar refractivity (Wildman–Crippen MR) is 57.1 cm³/mol. The molecule has 0 N–H and O–H groups in total. The summed E-state index contributed by atoms with van der Waals surface area (Å²) in [4.78, 5) is 10.4. The highest BCUT2D eigenvalue weighted by Crippen LogP contribution is 2.26. The zero-order chi connectivity index (χ0) is 13.3. The molecule has 2 rings (SSSR count). The maximum absolute atomic E-state index is 13.4. The SMILES string of the molecule is O=Cc1ccc(-c2cc(F)c(F)cc2F)cc1F. The van der Waals surface area contributed by atoms with Gasteiger partial charge in [-0.25, -0.2) is 17.6 Å². The molecular weight excluding hydrogens is 248 g/mol. The Morgan fingerprint density at radius 2 is 1.44 bits per heavy atom. The van der Waals surface area contributed by atoms with Crippen LogP contribution in [0.5, 0.6) is 0 Å². The van der Waals surface area contributed by atoms with Crippen molar-refractivity contribution in [3.8, 4) is 11.1 Å². The maximum atomic E-state index is 13.4. The number of benzene rings is 2. The van der Waals surface area contributed by atoms with Gasteiger partial charge in [-0.1, -0.05) is 6.07 Å². The topological polar surface area (TPSA) is 17.1 Å². The van der Waals surface area contributed by atoms with E-state index in [1.807, 2.05) is 0 Å². The highest BCUT2D eigenvalue weighted by atomic mass is 19.2. The van der Waals surface area contributed by atoms with Crippen molar-refractivity contribution in [1.29, 1.82) is 0 Å². The fraction of sp³-hybridized carbons (Fsp3) is 0. The smallest absolute Gasteiger partial charge is 0.161 e. The van der Waals surface area contributed by atoms with Gasteiger partial charge in [0, 0.05) is 11.6 Å². The standard InChI is InChI=1S/C13H6F4O/c14-10-3-7(1-2-8(10)6-18)9-4-12(16)13(17)5-11(9)15/h1-6H. The third kappa shape index (κ3) is 2.11. The lowest BCUT2D eigenvalue weighted by Crippen LogP contribution is -1.93. The molecule has 0 saturated carbocycles. The molecule has 0 fully saturated rings. The summed E-state index contributed by atoms with van der Waals surface area (Å²) in [6.07, 6.45) is 0.306. The first kappa shape index (κ1) is 12.3. The predicted octanol–water partition coefficient (Wildman–Crippen LogP) is 3.72. The van der Waals surface area contributed by atoms with Gasteiger partial charge >= 0.3 is 0 Å². The van der Waals surface area contributed by atoms with Crippen LogP contribution in [0.3, 0.4) is 0 Å². The average Bonchev–Trinajstić information content (AvgIpc) is 2.33. The Morgan fingerprint density at radius 1 is 0.778 bits per heavy atom. The normalized spacial score (nSPS) is 10.4. The summed E-state index contributed by atoms with van der Waals surface area (Å²) in [5.41, 5.74) is -0.443. The van der Waals surface area contributed by atoms with E-state index in [9.17, 15) is 22.4 Å². The summed E-state index contributed by atoms with van der Waals surface area (Å²) < 4.78 is 52.5. The van der Waals surface area contributed by atoms with Crippen LogP contribution in [-0.2, 0) is 0 Å². The average molecular weight is 254 g/mol.